The minimum absolute atomic E-state index is 0.204. The maximum Gasteiger partial charge on any atom is 0.261 e. The van der Waals surface area contributed by atoms with Crippen molar-refractivity contribution in [1.29, 1.82) is 0 Å². The molecule has 0 fully saturated rings. The number of halogens is 3. The zero-order valence-electron chi connectivity index (χ0n) is 20.1. The van der Waals surface area contributed by atoms with Crippen molar-refractivity contribution in [2.24, 2.45) is 0 Å². The second kappa shape index (κ2) is 14.3. The van der Waals surface area contributed by atoms with Crippen molar-refractivity contribution in [1.82, 2.24) is 10.2 Å². The molecule has 0 heterocycles. The minimum Gasteiger partial charge on any atom is -0.482 e. The number of carbonyl (C=O) groups excluding carboxylic acids is 2. The van der Waals surface area contributed by atoms with Gasteiger partial charge in [-0.25, -0.2) is 0 Å². The van der Waals surface area contributed by atoms with E-state index < -0.39 is 6.04 Å². The van der Waals surface area contributed by atoms with Crippen LogP contribution < -0.4 is 10.1 Å². The molecule has 0 saturated heterocycles. The molecule has 8 heteroatoms. The predicted molar refractivity (Wildman–Crippen MR) is 149 cm³/mol. The van der Waals surface area contributed by atoms with Crippen molar-refractivity contribution in [2.45, 2.75) is 38.8 Å². The Labute approximate surface area is 230 Å². The smallest absolute Gasteiger partial charge is 0.261 e. The zero-order chi connectivity index (χ0) is 25.9. The number of carbonyl (C=O) groups is 2. The van der Waals surface area contributed by atoms with E-state index >= 15 is 0 Å². The molecule has 3 aromatic carbocycles. The number of rotatable bonds is 12. The quantitative estimate of drug-likeness (QED) is 0.239. The van der Waals surface area contributed by atoms with Crippen LogP contribution in [0, 0.1) is 0 Å². The number of amides is 2. The van der Waals surface area contributed by atoms with Crippen LogP contribution >= 0.6 is 39.1 Å². The van der Waals surface area contributed by atoms with Crippen LogP contribution in [0.3, 0.4) is 0 Å². The fraction of sp³-hybridized carbons (Fsp3) is 0.286. The summed E-state index contributed by atoms with van der Waals surface area (Å²) in [6.45, 7) is 2.54. The average Bonchev–Trinajstić information content (AvgIpc) is 2.86. The van der Waals surface area contributed by atoms with Crippen LogP contribution in [0.4, 0.5) is 0 Å². The fourth-order valence-corrected chi connectivity index (χ4v) is 4.65. The monoisotopic (exact) mass is 590 g/mol. The molecule has 1 atom stereocenters. The van der Waals surface area contributed by atoms with Crippen LogP contribution in [0.25, 0.3) is 0 Å². The molecule has 36 heavy (non-hydrogen) atoms. The molecular formula is C28H29BrCl2N2O3. The van der Waals surface area contributed by atoms with Crippen LogP contribution in [-0.4, -0.2) is 35.9 Å². The summed E-state index contributed by atoms with van der Waals surface area (Å²) in [6.07, 6.45) is 2.18. The maximum atomic E-state index is 13.6. The molecule has 1 unspecified atom stereocenters. The molecule has 0 aromatic heterocycles. The summed E-state index contributed by atoms with van der Waals surface area (Å²) < 4.78 is 6.58. The molecule has 0 saturated carbocycles. The third-order valence-corrected chi connectivity index (χ3v) is 6.61. The van der Waals surface area contributed by atoms with Gasteiger partial charge in [-0.1, -0.05) is 94.9 Å². The molecule has 0 bridgehead atoms. The highest BCUT2D eigenvalue weighted by molar-refractivity contribution is 9.10. The van der Waals surface area contributed by atoms with Crippen LogP contribution in [0.15, 0.2) is 77.3 Å². The Morgan fingerprint density at radius 2 is 1.75 bits per heavy atom. The van der Waals surface area contributed by atoms with E-state index in [0.717, 1.165) is 28.4 Å². The van der Waals surface area contributed by atoms with Gasteiger partial charge < -0.3 is 15.0 Å². The average molecular weight is 592 g/mol. The van der Waals surface area contributed by atoms with Gasteiger partial charge in [-0.3, -0.25) is 9.59 Å². The van der Waals surface area contributed by atoms with Gasteiger partial charge in [0.1, 0.15) is 11.8 Å². The summed E-state index contributed by atoms with van der Waals surface area (Å²) in [6, 6.07) is 21.4. The lowest BCUT2D eigenvalue weighted by Gasteiger charge is -2.31. The SMILES string of the molecule is CCCCNC(=O)C(Cc1ccccc1)N(Cc1cccc(Cl)c1)C(=O)COc1ccc(Br)cc1Cl. The van der Waals surface area contributed by atoms with Crippen LogP contribution in [0.1, 0.15) is 30.9 Å². The van der Waals surface area contributed by atoms with Gasteiger partial charge in [-0.15, -0.1) is 0 Å². The molecule has 190 valence electrons. The first-order chi connectivity index (χ1) is 17.4. The molecule has 0 aliphatic heterocycles. The molecule has 0 aliphatic carbocycles. The third-order valence-electron chi connectivity index (χ3n) is 5.59. The lowest BCUT2D eigenvalue weighted by atomic mass is 10.0. The van der Waals surface area contributed by atoms with Crippen LogP contribution in [-0.2, 0) is 22.6 Å². The van der Waals surface area contributed by atoms with Crippen molar-refractivity contribution in [2.75, 3.05) is 13.2 Å². The fourth-order valence-electron chi connectivity index (χ4n) is 3.71. The lowest BCUT2D eigenvalue weighted by Crippen LogP contribution is -2.51. The summed E-state index contributed by atoms with van der Waals surface area (Å²) in [5.74, 6) is -0.146. The van der Waals surface area contributed by atoms with Crippen molar-refractivity contribution >= 4 is 50.9 Å². The van der Waals surface area contributed by atoms with E-state index in [1.54, 1.807) is 35.2 Å². The highest BCUT2D eigenvalue weighted by Crippen LogP contribution is 2.28. The maximum absolute atomic E-state index is 13.6. The van der Waals surface area contributed by atoms with Gasteiger partial charge in [-0.2, -0.15) is 0 Å². The van der Waals surface area contributed by atoms with Crippen LogP contribution in [0.5, 0.6) is 5.75 Å². The van der Waals surface area contributed by atoms with E-state index in [1.807, 2.05) is 42.5 Å². The van der Waals surface area contributed by atoms with Crippen molar-refractivity contribution in [3.8, 4) is 5.75 Å². The van der Waals surface area contributed by atoms with Gasteiger partial charge in [0.2, 0.25) is 5.91 Å². The molecule has 3 aromatic rings. The molecule has 1 N–H and O–H groups in total. The number of unbranched alkanes of at least 4 members (excludes halogenated alkanes) is 1. The predicted octanol–water partition coefficient (Wildman–Crippen LogP) is 6.69. The van der Waals surface area contributed by atoms with Gasteiger partial charge in [0, 0.05) is 29.0 Å². The molecule has 0 radical (unpaired) electrons. The molecule has 3 rings (SSSR count). The van der Waals surface area contributed by atoms with E-state index in [4.69, 9.17) is 27.9 Å². The lowest BCUT2D eigenvalue weighted by molar-refractivity contribution is -0.142. The van der Waals surface area contributed by atoms with Crippen LogP contribution in [0.2, 0.25) is 10.0 Å². The Bertz CT molecular complexity index is 1160. The summed E-state index contributed by atoms with van der Waals surface area (Å²) in [4.78, 5) is 28.5. The Morgan fingerprint density at radius 3 is 2.44 bits per heavy atom. The summed E-state index contributed by atoms with van der Waals surface area (Å²) in [7, 11) is 0. The molecule has 0 aliphatic rings. The van der Waals surface area contributed by atoms with Gasteiger partial charge in [0.15, 0.2) is 6.61 Å². The minimum atomic E-state index is -0.736. The van der Waals surface area contributed by atoms with Gasteiger partial charge in [0.25, 0.3) is 5.91 Å². The van der Waals surface area contributed by atoms with Gasteiger partial charge in [-0.05, 0) is 47.9 Å². The summed E-state index contributed by atoms with van der Waals surface area (Å²) in [5.41, 5.74) is 1.77. The Hall–Kier alpha value is -2.54. The summed E-state index contributed by atoms with van der Waals surface area (Å²) in [5, 5.41) is 3.95. The molecule has 5 nitrogen and oxygen atoms in total. The van der Waals surface area contributed by atoms with E-state index in [1.165, 1.54) is 0 Å². The summed E-state index contributed by atoms with van der Waals surface area (Å²) >= 11 is 15.8. The van der Waals surface area contributed by atoms with Crippen molar-refractivity contribution in [3.05, 3.63) is 98.4 Å². The molecule has 2 amide bonds. The standard InChI is InChI=1S/C28H29BrCl2N2O3/c1-2-3-14-32-28(35)25(16-20-8-5-4-6-9-20)33(18-21-10-7-11-23(30)15-21)27(34)19-36-26-13-12-22(29)17-24(26)31/h4-13,15,17,25H,2-3,14,16,18-19H2,1H3,(H,32,35). The molecular weight excluding hydrogens is 563 g/mol. The zero-order valence-corrected chi connectivity index (χ0v) is 23.2. The van der Waals surface area contributed by atoms with E-state index in [0.29, 0.717) is 28.8 Å². The molecule has 0 spiro atoms. The number of hydrogen-bond acceptors (Lipinski definition) is 3. The van der Waals surface area contributed by atoms with Gasteiger partial charge in [0.05, 0.1) is 5.02 Å². The number of benzene rings is 3. The number of nitrogens with one attached hydrogen (secondary N) is 1. The normalized spacial score (nSPS) is 11.6. The largest absolute Gasteiger partial charge is 0.482 e. The highest BCUT2D eigenvalue weighted by atomic mass is 79.9. The van der Waals surface area contributed by atoms with E-state index in [-0.39, 0.29) is 25.0 Å². The first kappa shape index (κ1) is 28.0. The second-order valence-electron chi connectivity index (χ2n) is 8.37. The van der Waals surface area contributed by atoms with Gasteiger partial charge >= 0.3 is 0 Å². The number of nitrogens with zero attached hydrogens (tertiary/aromatic N) is 1. The first-order valence-electron chi connectivity index (χ1n) is 11.8. The topological polar surface area (TPSA) is 58.6 Å². The van der Waals surface area contributed by atoms with E-state index in [2.05, 4.69) is 28.2 Å². The Balaban J connectivity index is 1.89. The third kappa shape index (κ3) is 8.54. The second-order valence-corrected chi connectivity index (χ2v) is 10.1. The Kier molecular flexibility index (Phi) is 11.1. The van der Waals surface area contributed by atoms with E-state index in [9.17, 15) is 9.59 Å². The van der Waals surface area contributed by atoms with Crippen molar-refractivity contribution < 1.29 is 14.3 Å². The van der Waals surface area contributed by atoms with Crippen molar-refractivity contribution in [3.63, 3.8) is 0 Å². The number of hydrogen-bond donors (Lipinski definition) is 1. The first-order valence-corrected chi connectivity index (χ1v) is 13.4. The highest BCUT2D eigenvalue weighted by Gasteiger charge is 2.30. The Morgan fingerprint density at radius 1 is 1.00 bits per heavy atom. The number of ether oxygens (including phenoxy) is 1.